The summed E-state index contributed by atoms with van der Waals surface area (Å²) >= 11 is 7.33. The van der Waals surface area contributed by atoms with Crippen LogP contribution in [-0.2, 0) is 11.3 Å². The monoisotopic (exact) mass is 343 g/mol. The quantitative estimate of drug-likeness (QED) is 0.486. The van der Waals surface area contributed by atoms with Gasteiger partial charge in [0.25, 0.3) is 11.6 Å². The van der Waals surface area contributed by atoms with E-state index in [-0.39, 0.29) is 23.2 Å². The van der Waals surface area contributed by atoms with Crippen LogP contribution in [0.15, 0.2) is 18.2 Å². The number of imide groups is 1. The average Bonchev–Trinajstić information content (AvgIpc) is 2.74. The van der Waals surface area contributed by atoms with Gasteiger partial charge in [0.05, 0.1) is 11.5 Å². The second kappa shape index (κ2) is 6.97. The molecule has 0 spiro atoms. The second-order valence-electron chi connectivity index (χ2n) is 4.75. The fraction of sp³-hybridized carbons (Fsp3) is 0.385. The topological polar surface area (TPSA) is 92.6 Å². The van der Waals surface area contributed by atoms with Crippen LogP contribution in [0.1, 0.15) is 12.0 Å². The van der Waals surface area contributed by atoms with E-state index in [1.54, 1.807) is 17.8 Å². The molecule has 22 heavy (non-hydrogen) atoms. The minimum atomic E-state index is -0.598. The number of hydrogen-bond acceptors (Lipinski definition) is 5. The molecule has 1 N–H and O–H groups in total. The fourth-order valence-electron chi connectivity index (χ4n) is 2.14. The molecule has 0 unspecified atom stereocenters. The third kappa shape index (κ3) is 3.50. The Morgan fingerprint density at radius 3 is 2.82 bits per heavy atom. The van der Waals surface area contributed by atoms with Gasteiger partial charge < -0.3 is 5.32 Å². The Balaban J connectivity index is 2.13. The van der Waals surface area contributed by atoms with Crippen LogP contribution < -0.4 is 5.32 Å². The van der Waals surface area contributed by atoms with Crippen LogP contribution in [0.3, 0.4) is 0 Å². The predicted molar refractivity (Wildman–Crippen MR) is 84.0 cm³/mol. The van der Waals surface area contributed by atoms with Gasteiger partial charge in [0.1, 0.15) is 11.1 Å². The van der Waals surface area contributed by atoms with Gasteiger partial charge in [-0.2, -0.15) is 11.8 Å². The molecule has 1 fully saturated rings. The van der Waals surface area contributed by atoms with Crippen molar-refractivity contribution < 1.29 is 14.5 Å². The van der Waals surface area contributed by atoms with Gasteiger partial charge in [0.2, 0.25) is 0 Å². The molecule has 1 heterocycles. The maximum atomic E-state index is 12.2. The molecule has 1 saturated heterocycles. The molecule has 9 heteroatoms. The van der Waals surface area contributed by atoms with Crippen molar-refractivity contribution in [1.82, 2.24) is 10.2 Å². The van der Waals surface area contributed by atoms with Crippen LogP contribution >= 0.6 is 23.4 Å². The molecule has 0 aromatic heterocycles. The number of nitrogens with zero attached hydrogens (tertiary/aromatic N) is 2. The summed E-state index contributed by atoms with van der Waals surface area (Å²) in [6.45, 7) is -0.0154. The number of urea groups is 1. The molecular formula is C13H14ClN3O4S. The number of benzene rings is 1. The van der Waals surface area contributed by atoms with Crippen LogP contribution in [0.4, 0.5) is 10.5 Å². The van der Waals surface area contributed by atoms with Gasteiger partial charge in [-0.05, 0) is 30.1 Å². The Morgan fingerprint density at radius 1 is 1.45 bits per heavy atom. The van der Waals surface area contributed by atoms with Crippen molar-refractivity contribution in [1.29, 1.82) is 0 Å². The van der Waals surface area contributed by atoms with E-state index in [0.29, 0.717) is 12.0 Å². The number of nitro benzene ring substituents is 1. The van der Waals surface area contributed by atoms with Gasteiger partial charge >= 0.3 is 6.03 Å². The Labute approximate surface area is 136 Å². The first-order valence-corrected chi connectivity index (χ1v) is 8.25. The number of carbonyl (C=O) groups excluding carboxylic acids is 2. The van der Waals surface area contributed by atoms with Gasteiger partial charge in [0.15, 0.2) is 0 Å². The average molecular weight is 344 g/mol. The lowest BCUT2D eigenvalue weighted by Crippen LogP contribution is -2.31. The molecule has 118 valence electrons. The SMILES string of the molecule is CSCC[C@H]1NC(=O)N(Cc2ccc(Cl)c([N+](=O)[O-])c2)C1=O. The van der Waals surface area contributed by atoms with E-state index < -0.39 is 17.0 Å². The molecule has 0 radical (unpaired) electrons. The van der Waals surface area contributed by atoms with E-state index >= 15 is 0 Å². The van der Waals surface area contributed by atoms with Gasteiger partial charge in [-0.25, -0.2) is 4.79 Å². The summed E-state index contributed by atoms with van der Waals surface area (Å²) in [7, 11) is 0. The van der Waals surface area contributed by atoms with Crippen LogP contribution in [0.5, 0.6) is 0 Å². The van der Waals surface area contributed by atoms with Gasteiger partial charge in [0, 0.05) is 6.07 Å². The molecule has 7 nitrogen and oxygen atoms in total. The Kier molecular flexibility index (Phi) is 5.25. The molecule has 1 aromatic carbocycles. The van der Waals surface area contributed by atoms with Crippen molar-refractivity contribution in [2.75, 3.05) is 12.0 Å². The molecule has 2 rings (SSSR count). The van der Waals surface area contributed by atoms with Gasteiger partial charge in [-0.3, -0.25) is 19.8 Å². The van der Waals surface area contributed by atoms with Crippen molar-refractivity contribution in [2.24, 2.45) is 0 Å². The number of thioether (sulfide) groups is 1. The van der Waals surface area contributed by atoms with Crippen LogP contribution in [0.2, 0.25) is 5.02 Å². The Hall–Kier alpha value is -1.80. The molecule has 1 aliphatic rings. The van der Waals surface area contributed by atoms with Crippen molar-refractivity contribution in [3.63, 3.8) is 0 Å². The lowest BCUT2D eigenvalue weighted by atomic mass is 10.1. The predicted octanol–water partition coefficient (Wildman–Crippen LogP) is 2.42. The van der Waals surface area contributed by atoms with E-state index in [2.05, 4.69) is 5.32 Å². The third-order valence-corrected chi connectivity index (χ3v) is 4.23. The molecule has 0 saturated carbocycles. The summed E-state index contributed by atoms with van der Waals surface area (Å²) < 4.78 is 0. The molecule has 0 bridgehead atoms. The maximum Gasteiger partial charge on any atom is 0.325 e. The standard InChI is InChI=1S/C13H14ClN3O4S/c1-22-5-4-10-12(18)16(13(19)15-10)7-8-2-3-9(14)11(6-8)17(20)21/h2-3,6,10H,4-5,7H2,1H3,(H,15,19)/t10-/m1/s1. The highest BCUT2D eigenvalue weighted by Gasteiger charge is 2.37. The number of halogens is 1. The minimum Gasteiger partial charge on any atom is -0.326 e. The van der Waals surface area contributed by atoms with E-state index in [9.17, 15) is 19.7 Å². The number of nitrogens with one attached hydrogen (secondary N) is 1. The van der Waals surface area contributed by atoms with Crippen molar-refractivity contribution in [2.45, 2.75) is 19.0 Å². The fourth-order valence-corrected chi connectivity index (χ4v) is 2.80. The second-order valence-corrected chi connectivity index (χ2v) is 6.14. The van der Waals surface area contributed by atoms with E-state index in [1.807, 2.05) is 6.26 Å². The Morgan fingerprint density at radius 2 is 2.18 bits per heavy atom. The zero-order chi connectivity index (χ0) is 16.3. The Bertz CT molecular complexity index is 625. The largest absolute Gasteiger partial charge is 0.326 e. The first kappa shape index (κ1) is 16.6. The van der Waals surface area contributed by atoms with E-state index in [0.717, 1.165) is 10.7 Å². The zero-order valence-corrected chi connectivity index (χ0v) is 13.3. The highest BCUT2D eigenvalue weighted by atomic mass is 35.5. The number of amides is 3. The minimum absolute atomic E-state index is 0.0154. The summed E-state index contributed by atoms with van der Waals surface area (Å²) in [5.74, 6) is 0.452. The number of hydrogen-bond donors (Lipinski definition) is 1. The normalized spacial score (nSPS) is 17.7. The lowest BCUT2D eigenvalue weighted by molar-refractivity contribution is -0.384. The number of carbonyl (C=O) groups is 2. The molecular weight excluding hydrogens is 330 g/mol. The number of nitro groups is 1. The highest BCUT2D eigenvalue weighted by molar-refractivity contribution is 7.98. The van der Waals surface area contributed by atoms with Crippen LogP contribution in [0, 0.1) is 10.1 Å². The lowest BCUT2D eigenvalue weighted by Gasteiger charge is -2.13. The summed E-state index contributed by atoms with van der Waals surface area (Å²) in [6.07, 6.45) is 2.48. The maximum absolute atomic E-state index is 12.2. The van der Waals surface area contributed by atoms with Crippen molar-refractivity contribution in [3.05, 3.63) is 38.9 Å². The molecule has 1 aromatic rings. The molecule has 0 aliphatic carbocycles. The van der Waals surface area contributed by atoms with Crippen LogP contribution in [-0.4, -0.2) is 39.8 Å². The van der Waals surface area contributed by atoms with Gasteiger partial charge in [-0.15, -0.1) is 0 Å². The third-order valence-electron chi connectivity index (χ3n) is 3.27. The zero-order valence-electron chi connectivity index (χ0n) is 11.7. The van der Waals surface area contributed by atoms with Crippen LogP contribution in [0.25, 0.3) is 0 Å². The van der Waals surface area contributed by atoms with Crippen molar-refractivity contribution >= 4 is 41.0 Å². The molecule has 3 amide bonds. The van der Waals surface area contributed by atoms with E-state index in [1.165, 1.54) is 12.1 Å². The first-order chi connectivity index (χ1) is 10.4. The first-order valence-electron chi connectivity index (χ1n) is 6.47. The summed E-state index contributed by atoms with van der Waals surface area (Å²) in [6, 6.07) is 3.22. The molecule has 1 atom stereocenters. The van der Waals surface area contributed by atoms with Crippen molar-refractivity contribution in [3.8, 4) is 0 Å². The smallest absolute Gasteiger partial charge is 0.325 e. The number of rotatable bonds is 6. The summed E-state index contributed by atoms with van der Waals surface area (Å²) in [5, 5.41) is 13.5. The summed E-state index contributed by atoms with van der Waals surface area (Å²) in [5.41, 5.74) is 0.232. The van der Waals surface area contributed by atoms with Gasteiger partial charge in [-0.1, -0.05) is 17.7 Å². The molecule has 1 aliphatic heterocycles. The highest BCUT2D eigenvalue weighted by Crippen LogP contribution is 2.26. The summed E-state index contributed by atoms with van der Waals surface area (Å²) in [4.78, 5) is 35.4. The van der Waals surface area contributed by atoms with E-state index in [4.69, 9.17) is 11.6 Å².